The SMILES string of the molecule is C=CC[N](CC=C)[Ti]([N](CC=C)CC=C)[N](CC=C)CC=C. The molecule has 0 atom stereocenters. The molecule has 4 heteroatoms. The van der Waals surface area contributed by atoms with Gasteiger partial charge in [-0.05, 0) is 0 Å². The summed E-state index contributed by atoms with van der Waals surface area (Å²) in [7, 11) is 0. The van der Waals surface area contributed by atoms with Gasteiger partial charge in [0.25, 0.3) is 0 Å². The van der Waals surface area contributed by atoms with Crippen molar-refractivity contribution in [3.8, 4) is 0 Å². The van der Waals surface area contributed by atoms with Gasteiger partial charge in [-0.2, -0.15) is 0 Å². The first-order valence-corrected chi connectivity index (χ1v) is 9.56. The second kappa shape index (κ2) is 13.7. The molecular formula is C18H30N3Ti. The molecular weight excluding hydrogens is 306 g/mol. The van der Waals surface area contributed by atoms with E-state index in [-0.39, 0.29) is 0 Å². The molecule has 0 rings (SSSR count). The second-order valence-corrected chi connectivity index (χ2v) is 8.65. The fourth-order valence-corrected chi connectivity index (χ4v) is 6.86. The predicted molar refractivity (Wildman–Crippen MR) is 95.9 cm³/mol. The molecule has 0 spiro atoms. The van der Waals surface area contributed by atoms with E-state index in [1.165, 1.54) is 0 Å². The van der Waals surface area contributed by atoms with Crippen LogP contribution >= 0.6 is 0 Å². The molecule has 121 valence electrons. The van der Waals surface area contributed by atoms with E-state index in [1.54, 1.807) is 0 Å². The van der Waals surface area contributed by atoms with Crippen LogP contribution in [0.1, 0.15) is 0 Å². The molecule has 0 saturated carbocycles. The molecule has 22 heavy (non-hydrogen) atoms. The molecule has 0 saturated heterocycles. The Balaban J connectivity index is 5.61. The Kier molecular flexibility index (Phi) is 13.1. The quantitative estimate of drug-likeness (QED) is 0.335. The maximum absolute atomic E-state index is 3.90. The molecule has 0 unspecified atom stereocenters. The van der Waals surface area contributed by atoms with Crippen molar-refractivity contribution >= 4 is 0 Å². The molecule has 0 aromatic rings. The fourth-order valence-electron chi connectivity index (χ4n) is 2.25. The van der Waals surface area contributed by atoms with Gasteiger partial charge in [-0.15, -0.1) is 0 Å². The topological polar surface area (TPSA) is 9.72 Å². The molecule has 0 N–H and O–H groups in total. The van der Waals surface area contributed by atoms with Crippen LogP contribution in [0, 0.1) is 0 Å². The van der Waals surface area contributed by atoms with E-state index < -0.39 is 18.6 Å². The third-order valence-electron chi connectivity index (χ3n) is 2.95. The van der Waals surface area contributed by atoms with E-state index >= 15 is 0 Å². The molecule has 0 aliphatic carbocycles. The van der Waals surface area contributed by atoms with Gasteiger partial charge >= 0.3 is 144 Å². The van der Waals surface area contributed by atoms with Gasteiger partial charge in [-0.3, -0.25) is 0 Å². The Bertz CT molecular complexity index is 291. The summed E-state index contributed by atoms with van der Waals surface area (Å²) in [6.07, 6.45) is 11.7. The molecule has 0 aliphatic rings. The van der Waals surface area contributed by atoms with Crippen molar-refractivity contribution in [3.63, 3.8) is 0 Å². The van der Waals surface area contributed by atoms with E-state index in [0.717, 1.165) is 39.3 Å². The summed E-state index contributed by atoms with van der Waals surface area (Å²) in [5, 5.41) is 0. The van der Waals surface area contributed by atoms with Gasteiger partial charge in [-0.25, -0.2) is 0 Å². The summed E-state index contributed by atoms with van der Waals surface area (Å²) in [5.74, 6) is 0. The van der Waals surface area contributed by atoms with Gasteiger partial charge < -0.3 is 0 Å². The van der Waals surface area contributed by atoms with Crippen molar-refractivity contribution in [2.75, 3.05) is 39.3 Å². The van der Waals surface area contributed by atoms with Gasteiger partial charge in [0.15, 0.2) is 0 Å². The van der Waals surface area contributed by atoms with Gasteiger partial charge in [0.2, 0.25) is 0 Å². The monoisotopic (exact) mass is 336 g/mol. The minimum absolute atomic E-state index is 0.844. The van der Waals surface area contributed by atoms with Crippen LogP contribution in [-0.2, 0) is 18.6 Å². The molecule has 0 amide bonds. The Morgan fingerprint density at radius 1 is 0.455 bits per heavy atom. The molecule has 0 aromatic heterocycles. The van der Waals surface area contributed by atoms with Crippen LogP contribution in [0.5, 0.6) is 0 Å². The summed E-state index contributed by atoms with van der Waals surface area (Å²) in [6, 6.07) is 0. The Morgan fingerprint density at radius 2 is 0.636 bits per heavy atom. The van der Waals surface area contributed by atoms with Crippen LogP contribution in [0.2, 0.25) is 0 Å². The Morgan fingerprint density at radius 3 is 0.773 bits per heavy atom. The predicted octanol–water partition coefficient (Wildman–Crippen LogP) is 3.37. The zero-order valence-electron chi connectivity index (χ0n) is 13.8. The normalized spacial score (nSPS) is 10.5. The van der Waals surface area contributed by atoms with Gasteiger partial charge in [0.1, 0.15) is 0 Å². The molecule has 0 aliphatic heterocycles. The van der Waals surface area contributed by atoms with E-state index in [0.29, 0.717) is 0 Å². The molecule has 0 radical (unpaired) electrons. The van der Waals surface area contributed by atoms with Crippen molar-refractivity contribution in [1.82, 2.24) is 10.1 Å². The van der Waals surface area contributed by atoms with E-state index in [2.05, 4.69) is 49.6 Å². The minimum atomic E-state index is -1.95. The number of rotatable bonds is 15. The number of hydrogen-bond donors (Lipinski definition) is 0. The van der Waals surface area contributed by atoms with Crippen LogP contribution in [0.4, 0.5) is 0 Å². The second-order valence-electron chi connectivity index (χ2n) is 4.75. The average Bonchev–Trinajstić information content (AvgIpc) is 2.49. The zero-order chi connectivity index (χ0) is 16.8. The molecule has 0 bridgehead atoms. The maximum atomic E-state index is 3.90. The Hall–Kier alpha value is -0.966. The summed E-state index contributed by atoms with van der Waals surface area (Å²) in [5.41, 5.74) is 0. The first-order chi connectivity index (χ1) is 10.7. The van der Waals surface area contributed by atoms with Crippen molar-refractivity contribution in [2.24, 2.45) is 0 Å². The molecule has 0 heterocycles. The Labute approximate surface area is 144 Å². The average molecular weight is 336 g/mol. The van der Waals surface area contributed by atoms with Crippen LogP contribution < -0.4 is 0 Å². The van der Waals surface area contributed by atoms with Crippen molar-refractivity contribution in [2.45, 2.75) is 0 Å². The summed E-state index contributed by atoms with van der Waals surface area (Å²) in [4.78, 5) is 0. The van der Waals surface area contributed by atoms with E-state index in [9.17, 15) is 0 Å². The standard InChI is InChI=1S/3C6H10N.Ti/c3*1-3-5-7-6-4-2;/h3*3-4H,1-2,5-6H2;/q3*-1;+3. The first kappa shape index (κ1) is 21.0. The third kappa shape index (κ3) is 7.34. The number of nitrogens with zero attached hydrogens (tertiary/aromatic N) is 3. The van der Waals surface area contributed by atoms with Crippen LogP contribution in [-0.4, -0.2) is 49.4 Å². The molecule has 0 aromatic carbocycles. The van der Waals surface area contributed by atoms with E-state index in [4.69, 9.17) is 0 Å². The molecule has 0 fully saturated rings. The van der Waals surface area contributed by atoms with Crippen molar-refractivity contribution in [3.05, 3.63) is 75.9 Å². The summed E-state index contributed by atoms with van der Waals surface area (Å²) in [6.45, 7) is 28.5. The van der Waals surface area contributed by atoms with E-state index in [1.807, 2.05) is 36.5 Å². The summed E-state index contributed by atoms with van der Waals surface area (Å²) >= 11 is -1.95. The fraction of sp³-hybridized carbons (Fsp3) is 0.333. The van der Waals surface area contributed by atoms with Crippen molar-refractivity contribution in [1.29, 1.82) is 0 Å². The van der Waals surface area contributed by atoms with Gasteiger partial charge in [0, 0.05) is 0 Å². The van der Waals surface area contributed by atoms with Gasteiger partial charge in [-0.1, -0.05) is 0 Å². The van der Waals surface area contributed by atoms with Crippen molar-refractivity contribution < 1.29 is 18.6 Å². The number of hydrogen-bond acceptors (Lipinski definition) is 3. The third-order valence-corrected chi connectivity index (χ3v) is 7.31. The van der Waals surface area contributed by atoms with Crippen LogP contribution in [0.3, 0.4) is 0 Å². The summed E-state index contributed by atoms with van der Waals surface area (Å²) < 4.78 is 7.42. The van der Waals surface area contributed by atoms with Crippen LogP contribution in [0.15, 0.2) is 75.9 Å². The van der Waals surface area contributed by atoms with Crippen LogP contribution in [0.25, 0.3) is 0 Å². The van der Waals surface area contributed by atoms with Gasteiger partial charge in [0.05, 0.1) is 0 Å². The zero-order valence-corrected chi connectivity index (χ0v) is 15.4. The molecule has 3 nitrogen and oxygen atoms in total. The first-order valence-electron chi connectivity index (χ1n) is 7.47.